The van der Waals surface area contributed by atoms with Gasteiger partial charge in [-0.25, -0.2) is 0 Å². The number of hydrogen-bond donors (Lipinski definition) is 0. The number of carbonyl (C=O) groups is 2. The molecule has 2 aromatic carbocycles. The number of para-hydroxylation sites is 1. The van der Waals surface area contributed by atoms with Gasteiger partial charge in [0.2, 0.25) is 0 Å². The average Bonchev–Trinajstić information content (AvgIpc) is 3.03. The molecule has 0 fully saturated rings. The summed E-state index contributed by atoms with van der Waals surface area (Å²) in [7, 11) is 0. The normalized spacial score (nSPS) is 12.8. The first-order valence-electron chi connectivity index (χ1n) is 7.92. The Bertz CT molecular complexity index is 760. The van der Waals surface area contributed by atoms with E-state index in [0.717, 1.165) is 23.2 Å². The Hall–Kier alpha value is -2.33. The summed E-state index contributed by atoms with van der Waals surface area (Å²) in [6, 6.07) is 15.2. The van der Waals surface area contributed by atoms with E-state index in [1.807, 2.05) is 42.5 Å². The van der Waals surface area contributed by atoms with Crippen LogP contribution in [0.5, 0.6) is 0 Å². The maximum atomic E-state index is 12.3. The van der Waals surface area contributed by atoms with Crippen LogP contribution < -0.4 is 4.90 Å². The Kier molecular flexibility index (Phi) is 5.16. The van der Waals surface area contributed by atoms with Crippen LogP contribution in [0.25, 0.3) is 0 Å². The molecule has 1 aliphatic rings. The number of nitrogens with zero attached hydrogens (tertiary/aromatic N) is 1. The van der Waals surface area contributed by atoms with Crippen molar-refractivity contribution < 1.29 is 14.3 Å². The highest BCUT2D eigenvalue weighted by molar-refractivity contribution is 6.31. The topological polar surface area (TPSA) is 46.6 Å². The quantitative estimate of drug-likeness (QED) is 0.782. The highest BCUT2D eigenvalue weighted by Gasteiger charge is 2.24. The Labute approximate surface area is 146 Å². The Morgan fingerprint density at radius 2 is 1.83 bits per heavy atom. The van der Waals surface area contributed by atoms with Crippen molar-refractivity contribution in [2.24, 2.45) is 0 Å². The summed E-state index contributed by atoms with van der Waals surface area (Å²) in [4.78, 5) is 25.8. The lowest BCUT2D eigenvalue weighted by molar-refractivity contribution is -0.147. The SMILES string of the molecule is O=C(CCc1ccccc1Cl)OCC(=O)N1CCc2ccccc21. The zero-order valence-electron chi connectivity index (χ0n) is 13.2. The van der Waals surface area contributed by atoms with Gasteiger partial charge in [0, 0.05) is 23.7 Å². The van der Waals surface area contributed by atoms with Gasteiger partial charge in [0.15, 0.2) is 6.61 Å². The number of carbonyl (C=O) groups excluding carboxylic acids is 2. The van der Waals surface area contributed by atoms with Crippen molar-refractivity contribution >= 4 is 29.2 Å². The van der Waals surface area contributed by atoms with Gasteiger partial charge < -0.3 is 9.64 Å². The molecule has 5 heteroatoms. The van der Waals surface area contributed by atoms with Crippen LogP contribution in [0.2, 0.25) is 5.02 Å². The molecule has 0 atom stereocenters. The van der Waals surface area contributed by atoms with Crippen LogP contribution in [-0.4, -0.2) is 25.0 Å². The first-order valence-corrected chi connectivity index (χ1v) is 8.30. The fourth-order valence-corrected chi connectivity index (χ4v) is 3.06. The number of ether oxygens (including phenoxy) is 1. The molecule has 24 heavy (non-hydrogen) atoms. The number of fused-ring (bicyclic) bond motifs is 1. The molecule has 3 rings (SSSR count). The lowest BCUT2D eigenvalue weighted by Gasteiger charge is -2.17. The third kappa shape index (κ3) is 3.77. The molecule has 4 nitrogen and oxygen atoms in total. The molecule has 1 heterocycles. The molecule has 0 spiro atoms. The van der Waals surface area contributed by atoms with Gasteiger partial charge in [0.1, 0.15) is 0 Å². The van der Waals surface area contributed by atoms with Gasteiger partial charge in [-0.2, -0.15) is 0 Å². The van der Waals surface area contributed by atoms with Crippen LogP contribution in [-0.2, 0) is 27.2 Å². The van der Waals surface area contributed by atoms with E-state index in [4.69, 9.17) is 16.3 Å². The number of halogens is 1. The summed E-state index contributed by atoms with van der Waals surface area (Å²) in [5.41, 5.74) is 2.96. The fourth-order valence-electron chi connectivity index (χ4n) is 2.83. The summed E-state index contributed by atoms with van der Waals surface area (Å²) in [6.45, 7) is 0.408. The van der Waals surface area contributed by atoms with Crippen molar-refractivity contribution in [2.75, 3.05) is 18.1 Å². The largest absolute Gasteiger partial charge is 0.456 e. The molecule has 0 radical (unpaired) electrons. The molecule has 1 aliphatic heterocycles. The van der Waals surface area contributed by atoms with Crippen LogP contribution in [0.1, 0.15) is 17.5 Å². The molecule has 124 valence electrons. The van der Waals surface area contributed by atoms with E-state index in [9.17, 15) is 9.59 Å². The number of aryl methyl sites for hydroxylation is 1. The van der Waals surface area contributed by atoms with E-state index < -0.39 is 5.97 Å². The molecule has 0 N–H and O–H groups in total. The van der Waals surface area contributed by atoms with E-state index in [2.05, 4.69) is 0 Å². The molecule has 2 aromatic rings. The maximum absolute atomic E-state index is 12.3. The fraction of sp³-hybridized carbons (Fsp3) is 0.263. The van der Waals surface area contributed by atoms with Gasteiger partial charge >= 0.3 is 5.97 Å². The second-order valence-corrected chi connectivity index (χ2v) is 6.08. The van der Waals surface area contributed by atoms with Gasteiger partial charge in [-0.05, 0) is 36.1 Å². The predicted molar refractivity (Wildman–Crippen MR) is 93.2 cm³/mol. The number of hydrogen-bond acceptors (Lipinski definition) is 3. The minimum Gasteiger partial charge on any atom is -0.456 e. The van der Waals surface area contributed by atoms with Crippen LogP contribution in [0.3, 0.4) is 0 Å². The third-order valence-corrected chi connectivity index (χ3v) is 4.47. The minimum absolute atomic E-state index is 0.189. The number of esters is 1. The van der Waals surface area contributed by atoms with Gasteiger partial charge in [0.05, 0.1) is 0 Å². The van der Waals surface area contributed by atoms with Crippen molar-refractivity contribution in [1.29, 1.82) is 0 Å². The van der Waals surface area contributed by atoms with Crippen molar-refractivity contribution in [1.82, 2.24) is 0 Å². The minimum atomic E-state index is -0.393. The molecule has 0 saturated heterocycles. The van der Waals surface area contributed by atoms with Crippen molar-refractivity contribution in [2.45, 2.75) is 19.3 Å². The highest BCUT2D eigenvalue weighted by atomic mass is 35.5. The smallest absolute Gasteiger partial charge is 0.306 e. The van der Waals surface area contributed by atoms with E-state index in [0.29, 0.717) is 18.0 Å². The molecular formula is C19H18ClNO3. The second-order valence-electron chi connectivity index (χ2n) is 5.68. The maximum Gasteiger partial charge on any atom is 0.306 e. The van der Waals surface area contributed by atoms with Crippen LogP contribution in [0.4, 0.5) is 5.69 Å². The molecule has 1 amide bonds. The summed E-state index contributed by atoms with van der Waals surface area (Å²) in [5, 5.41) is 0.634. The van der Waals surface area contributed by atoms with Crippen LogP contribution in [0, 0.1) is 0 Å². The summed E-state index contributed by atoms with van der Waals surface area (Å²) in [5.74, 6) is -0.582. The Morgan fingerprint density at radius 3 is 2.67 bits per heavy atom. The van der Waals surface area contributed by atoms with Gasteiger partial charge in [-0.1, -0.05) is 48.0 Å². The number of amides is 1. The first-order chi connectivity index (χ1) is 11.6. The third-order valence-electron chi connectivity index (χ3n) is 4.10. The van der Waals surface area contributed by atoms with Gasteiger partial charge in [-0.15, -0.1) is 0 Å². The number of benzene rings is 2. The zero-order chi connectivity index (χ0) is 16.9. The van der Waals surface area contributed by atoms with Gasteiger partial charge in [0.25, 0.3) is 5.91 Å². The first kappa shape index (κ1) is 16.5. The Morgan fingerprint density at radius 1 is 1.08 bits per heavy atom. The molecular weight excluding hydrogens is 326 g/mol. The predicted octanol–water partition coefficient (Wildman–Crippen LogP) is 3.41. The lowest BCUT2D eigenvalue weighted by atomic mass is 10.1. The van der Waals surface area contributed by atoms with E-state index >= 15 is 0 Å². The van der Waals surface area contributed by atoms with Crippen molar-refractivity contribution in [3.05, 3.63) is 64.7 Å². The number of anilines is 1. The molecule has 0 aliphatic carbocycles. The molecule has 0 aromatic heterocycles. The summed E-state index contributed by atoms with van der Waals surface area (Å²) in [6.07, 6.45) is 1.54. The van der Waals surface area contributed by atoms with Crippen LogP contribution >= 0.6 is 11.6 Å². The highest BCUT2D eigenvalue weighted by Crippen LogP contribution is 2.27. The van der Waals surface area contributed by atoms with E-state index in [-0.39, 0.29) is 18.9 Å². The lowest BCUT2D eigenvalue weighted by Crippen LogP contribution is -2.33. The van der Waals surface area contributed by atoms with Crippen molar-refractivity contribution in [3.8, 4) is 0 Å². The second kappa shape index (κ2) is 7.49. The zero-order valence-corrected chi connectivity index (χ0v) is 14.0. The van der Waals surface area contributed by atoms with E-state index in [1.165, 1.54) is 0 Å². The molecule has 0 unspecified atom stereocenters. The number of rotatable bonds is 5. The summed E-state index contributed by atoms with van der Waals surface area (Å²) >= 11 is 6.06. The summed E-state index contributed by atoms with van der Waals surface area (Å²) < 4.78 is 5.12. The van der Waals surface area contributed by atoms with Crippen molar-refractivity contribution in [3.63, 3.8) is 0 Å². The van der Waals surface area contributed by atoms with E-state index in [1.54, 1.807) is 11.0 Å². The average molecular weight is 344 g/mol. The monoisotopic (exact) mass is 343 g/mol. The van der Waals surface area contributed by atoms with Gasteiger partial charge in [-0.3, -0.25) is 9.59 Å². The molecule has 0 bridgehead atoms. The molecule has 0 saturated carbocycles. The van der Waals surface area contributed by atoms with Crippen LogP contribution in [0.15, 0.2) is 48.5 Å². The Balaban J connectivity index is 1.48. The standard InChI is InChI=1S/C19H18ClNO3/c20-16-7-3-1-5-14(16)9-10-19(23)24-13-18(22)21-12-11-15-6-2-4-8-17(15)21/h1-8H,9-13H2.